The molecule has 30 heavy (non-hydrogen) atoms. The second-order valence-corrected chi connectivity index (χ2v) is 10.5. The van der Waals surface area contributed by atoms with Crippen LogP contribution in [-0.2, 0) is 24.2 Å². The average Bonchev–Trinajstić information content (AvgIpc) is 3.47. The van der Waals surface area contributed by atoms with E-state index < -0.39 is 0 Å². The van der Waals surface area contributed by atoms with Crippen LogP contribution in [0.4, 0.5) is 0 Å². The normalized spacial score (nSPS) is 28.4. The minimum absolute atomic E-state index is 0.0209. The van der Waals surface area contributed by atoms with Crippen LogP contribution >= 0.6 is 11.3 Å². The molecule has 0 aromatic carbocycles. The molecule has 1 aliphatic heterocycles. The number of carbonyl (C=O) groups is 1. The zero-order chi connectivity index (χ0) is 20.2. The standard InChI is InChI=1S/C23H28N4O2S/c28-21-20-16-3-1-2-4-18(16)30-22(20)25-19(24-21)13-26-7-9-27(10-8-26)23(29)17-12-14-5-6-15(17)11-14/h5-6,14-15,17H,1-4,7-13H2,(H,24,25,28)/t14-,15-,17-/m0/s1. The van der Waals surface area contributed by atoms with Crippen molar-refractivity contribution in [2.75, 3.05) is 26.2 Å². The number of amides is 1. The van der Waals surface area contributed by atoms with Crippen molar-refractivity contribution >= 4 is 27.5 Å². The van der Waals surface area contributed by atoms with E-state index in [1.807, 2.05) is 0 Å². The van der Waals surface area contributed by atoms with Gasteiger partial charge >= 0.3 is 0 Å². The first-order valence-electron chi connectivity index (χ1n) is 11.4. The fourth-order valence-electron chi connectivity index (χ4n) is 5.92. The molecule has 3 heterocycles. The molecular weight excluding hydrogens is 396 g/mol. The van der Waals surface area contributed by atoms with Gasteiger partial charge in [0.25, 0.3) is 5.56 Å². The number of nitrogens with zero attached hydrogens (tertiary/aromatic N) is 3. The molecule has 0 unspecified atom stereocenters. The first-order chi connectivity index (χ1) is 14.7. The number of aryl methyl sites for hydroxylation is 2. The van der Waals surface area contributed by atoms with E-state index in [0.29, 0.717) is 24.3 Å². The van der Waals surface area contributed by atoms with Crippen molar-refractivity contribution in [2.45, 2.75) is 45.1 Å². The number of hydrogen-bond acceptors (Lipinski definition) is 5. The topological polar surface area (TPSA) is 69.3 Å². The second-order valence-electron chi connectivity index (χ2n) is 9.39. The third-order valence-corrected chi connectivity index (χ3v) is 8.71. The molecule has 6 rings (SSSR count). The predicted octanol–water partition coefficient (Wildman–Crippen LogP) is 2.72. The van der Waals surface area contributed by atoms with Crippen molar-refractivity contribution in [2.24, 2.45) is 17.8 Å². The Kier molecular flexibility index (Phi) is 4.57. The fourth-order valence-corrected chi connectivity index (χ4v) is 7.20. The maximum Gasteiger partial charge on any atom is 0.259 e. The average molecular weight is 425 g/mol. The van der Waals surface area contributed by atoms with E-state index >= 15 is 0 Å². The van der Waals surface area contributed by atoms with Gasteiger partial charge in [0.1, 0.15) is 10.7 Å². The van der Waals surface area contributed by atoms with Crippen LogP contribution in [0.5, 0.6) is 0 Å². The van der Waals surface area contributed by atoms with Crippen LogP contribution in [0.15, 0.2) is 16.9 Å². The molecule has 3 aliphatic carbocycles. The molecule has 2 bridgehead atoms. The van der Waals surface area contributed by atoms with E-state index in [1.54, 1.807) is 11.3 Å². The number of carbonyl (C=O) groups excluding carboxylic acids is 1. The molecular formula is C23H28N4O2S. The number of aromatic amines is 1. The predicted molar refractivity (Wildman–Crippen MR) is 118 cm³/mol. The Hall–Kier alpha value is -1.99. The van der Waals surface area contributed by atoms with Crippen LogP contribution in [0.3, 0.4) is 0 Å². The van der Waals surface area contributed by atoms with Crippen molar-refractivity contribution in [3.8, 4) is 0 Å². The molecule has 6 nitrogen and oxygen atoms in total. The van der Waals surface area contributed by atoms with Crippen molar-refractivity contribution in [3.05, 3.63) is 38.8 Å². The van der Waals surface area contributed by atoms with Gasteiger partial charge in [-0.3, -0.25) is 14.5 Å². The Morgan fingerprint density at radius 1 is 1.13 bits per heavy atom. The van der Waals surface area contributed by atoms with E-state index in [2.05, 4.69) is 26.9 Å². The van der Waals surface area contributed by atoms with Crippen LogP contribution in [-0.4, -0.2) is 51.9 Å². The highest BCUT2D eigenvalue weighted by Gasteiger charge is 2.41. The largest absolute Gasteiger partial charge is 0.340 e. The molecule has 7 heteroatoms. The van der Waals surface area contributed by atoms with E-state index in [-0.39, 0.29) is 11.5 Å². The molecule has 0 radical (unpaired) electrons. The third-order valence-electron chi connectivity index (χ3n) is 7.53. The van der Waals surface area contributed by atoms with Crippen LogP contribution in [0, 0.1) is 17.8 Å². The smallest absolute Gasteiger partial charge is 0.259 e. The van der Waals surface area contributed by atoms with E-state index in [9.17, 15) is 9.59 Å². The Balaban J connectivity index is 1.12. The van der Waals surface area contributed by atoms with Gasteiger partial charge in [-0.2, -0.15) is 0 Å². The van der Waals surface area contributed by atoms with Crippen molar-refractivity contribution < 1.29 is 4.79 Å². The van der Waals surface area contributed by atoms with Crippen molar-refractivity contribution in [1.82, 2.24) is 19.8 Å². The molecule has 2 fully saturated rings. The zero-order valence-electron chi connectivity index (χ0n) is 17.2. The monoisotopic (exact) mass is 424 g/mol. The number of piperazine rings is 1. The van der Waals surface area contributed by atoms with Crippen molar-refractivity contribution in [3.63, 3.8) is 0 Å². The Labute approximate surface area is 180 Å². The number of H-pyrrole nitrogens is 1. The number of fused-ring (bicyclic) bond motifs is 5. The Morgan fingerprint density at radius 3 is 2.73 bits per heavy atom. The number of hydrogen-bond donors (Lipinski definition) is 1. The molecule has 3 atom stereocenters. The number of thiophene rings is 1. The molecule has 2 aromatic rings. The van der Waals surface area contributed by atoms with E-state index in [4.69, 9.17) is 4.98 Å². The van der Waals surface area contributed by atoms with Gasteiger partial charge in [0.15, 0.2) is 0 Å². The summed E-state index contributed by atoms with van der Waals surface area (Å²) in [5, 5.41) is 0.828. The summed E-state index contributed by atoms with van der Waals surface area (Å²) >= 11 is 1.71. The molecule has 4 aliphatic rings. The summed E-state index contributed by atoms with van der Waals surface area (Å²) in [6.45, 7) is 3.87. The fraction of sp³-hybridized carbons (Fsp3) is 0.609. The molecule has 1 N–H and O–H groups in total. The lowest BCUT2D eigenvalue weighted by molar-refractivity contribution is -0.138. The Bertz CT molecular complexity index is 1080. The summed E-state index contributed by atoms with van der Waals surface area (Å²) in [7, 11) is 0. The molecule has 1 saturated heterocycles. The Morgan fingerprint density at radius 2 is 1.97 bits per heavy atom. The number of rotatable bonds is 3. The quantitative estimate of drug-likeness (QED) is 0.770. The van der Waals surface area contributed by atoms with E-state index in [1.165, 1.54) is 29.7 Å². The van der Waals surface area contributed by atoms with Crippen LogP contribution < -0.4 is 5.56 Å². The van der Waals surface area contributed by atoms with Gasteiger partial charge in [-0.25, -0.2) is 4.98 Å². The third kappa shape index (κ3) is 3.14. The summed E-state index contributed by atoms with van der Waals surface area (Å²) in [5.41, 5.74) is 1.26. The molecule has 2 aromatic heterocycles. The maximum atomic E-state index is 13.0. The molecule has 158 valence electrons. The lowest BCUT2D eigenvalue weighted by Crippen LogP contribution is -2.50. The van der Waals surface area contributed by atoms with Gasteiger partial charge in [-0.05, 0) is 55.9 Å². The minimum Gasteiger partial charge on any atom is -0.340 e. The molecule has 0 spiro atoms. The highest BCUT2D eigenvalue weighted by atomic mass is 32.1. The number of allylic oxidation sites excluding steroid dienone is 2. The highest BCUT2D eigenvalue weighted by Crippen LogP contribution is 2.44. The zero-order valence-corrected chi connectivity index (χ0v) is 18.0. The van der Waals surface area contributed by atoms with Gasteiger partial charge in [0.2, 0.25) is 5.91 Å². The first kappa shape index (κ1) is 18.8. The summed E-state index contributed by atoms with van der Waals surface area (Å²) in [5.74, 6) is 2.41. The molecule has 1 saturated carbocycles. The second kappa shape index (κ2) is 7.31. The van der Waals surface area contributed by atoms with Crippen LogP contribution in [0.2, 0.25) is 0 Å². The lowest BCUT2D eigenvalue weighted by atomic mass is 9.92. The van der Waals surface area contributed by atoms with E-state index in [0.717, 1.165) is 61.5 Å². The van der Waals surface area contributed by atoms with Gasteiger partial charge in [0, 0.05) is 37.0 Å². The van der Waals surface area contributed by atoms with Gasteiger partial charge in [-0.15, -0.1) is 11.3 Å². The van der Waals surface area contributed by atoms with Crippen LogP contribution in [0.25, 0.3) is 10.2 Å². The van der Waals surface area contributed by atoms with Crippen LogP contribution in [0.1, 0.15) is 41.9 Å². The van der Waals surface area contributed by atoms with Crippen molar-refractivity contribution in [1.29, 1.82) is 0 Å². The number of nitrogens with one attached hydrogen (secondary N) is 1. The highest BCUT2D eigenvalue weighted by molar-refractivity contribution is 7.18. The number of aromatic nitrogens is 2. The van der Waals surface area contributed by atoms with Gasteiger partial charge in [-0.1, -0.05) is 12.2 Å². The van der Waals surface area contributed by atoms with Gasteiger partial charge < -0.3 is 9.88 Å². The summed E-state index contributed by atoms with van der Waals surface area (Å²) in [6, 6.07) is 0. The summed E-state index contributed by atoms with van der Waals surface area (Å²) < 4.78 is 0. The maximum absolute atomic E-state index is 13.0. The van der Waals surface area contributed by atoms with Gasteiger partial charge in [0.05, 0.1) is 11.9 Å². The minimum atomic E-state index is 0.0209. The summed E-state index contributed by atoms with van der Waals surface area (Å²) in [6.07, 6.45) is 11.2. The lowest BCUT2D eigenvalue weighted by Gasteiger charge is -2.36. The SMILES string of the molecule is O=C([C@H]1C[C@H]2C=C[C@H]1C2)N1CCN(Cc2nc3sc4c(c3c(=O)[nH]2)CCCC4)CC1. The molecule has 1 amide bonds. The first-order valence-corrected chi connectivity index (χ1v) is 12.2. The summed E-state index contributed by atoms with van der Waals surface area (Å²) in [4.78, 5) is 40.2.